The van der Waals surface area contributed by atoms with Gasteiger partial charge in [-0.25, -0.2) is 0 Å². The molecule has 0 aromatic heterocycles. The van der Waals surface area contributed by atoms with Crippen LogP contribution >= 0.6 is 15.9 Å². The molecule has 1 aromatic carbocycles. The number of hydrogen-bond acceptors (Lipinski definition) is 1. The van der Waals surface area contributed by atoms with Gasteiger partial charge in [0.05, 0.1) is 13.1 Å². The maximum atomic E-state index is 12.0. The zero-order valence-corrected chi connectivity index (χ0v) is 13.1. The first-order valence-corrected chi connectivity index (χ1v) is 7.84. The Morgan fingerprint density at radius 2 is 1.95 bits per heavy atom. The molecule has 1 saturated heterocycles. The lowest BCUT2D eigenvalue weighted by Crippen LogP contribution is -3.12. The van der Waals surface area contributed by atoms with Gasteiger partial charge in [-0.1, -0.05) is 15.9 Å². The molecule has 2 rings (SSSR count). The smallest absolute Gasteiger partial charge is 0.279 e. The third kappa shape index (κ3) is 4.62. The van der Waals surface area contributed by atoms with Gasteiger partial charge in [-0.15, -0.1) is 0 Å². The van der Waals surface area contributed by atoms with E-state index in [-0.39, 0.29) is 5.91 Å². The van der Waals surface area contributed by atoms with Crippen molar-refractivity contribution in [2.45, 2.75) is 32.6 Å². The topological polar surface area (TPSA) is 33.5 Å². The van der Waals surface area contributed by atoms with Gasteiger partial charge in [0.1, 0.15) is 0 Å². The second kappa shape index (κ2) is 7.06. The molecular weight excluding hydrogens is 304 g/mol. The Kier molecular flexibility index (Phi) is 5.40. The van der Waals surface area contributed by atoms with Gasteiger partial charge in [-0.2, -0.15) is 0 Å². The van der Waals surface area contributed by atoms with Gasteiger partial charge in [-0.05, 0) is 56.4 Å². The predicted octanol–water partition coefficient (Wildman–Crippen LogP) is 2.15. The summed E-state index contributed by atoms with van der Waals surface area (Å²) in [4.78, 5) is 13.5. The van der Waals surface area contributed by atoms with Crippen LogP contribution in [0.3, 0.4) is 0 Å². The van der Waals surface area contributed by atoms with Gasteiger partial charge in [0.2, 0.25) is 0 Å². The second-order valence-electron chi connectivity index (χ2n) is 5.35. The normalized spacial score (nSPS) is 16.9. The molecule has 1 fully saturated rings. The molecular formula is C15H22BrN2O+. The third-order valence-electron chi connectivity index (χ3n) is 3.66. The summed E-state index contributed by atoms with van der Waals surface area (Å²) in [5.74, 6) is 0.124. The molecule has 1 aliphatic heterocycles. The fourth-order valence-corrected chi connectivity index (χ4v) is 2.81. The van der Waals surface area contributed by atoms with Crippen molar-refractivity contribution in [2.24, 2.45) is 0 Å². The minimum atomic E-state index is 0.124. The van der Waals surface area contributed by atoms with E-state index in [4.69, 9.17) is 0 Å². The summed E-state index contributed by atoms with van der Waals surface area (Å²) < 4.78 is 1.07. The number of nitrogens with one attached hydrogen (secondary N) is 2. The molecule has 19 heavy (non-hydrogen) atoms. The molecule has 0 radical (unpaired) electrons. The van der Waals surface area contributed by atoms with E-state index in [2.05, 4.69) is 21.2 Å². The number of carbonyl (C=O) groups is 1. The molecule has 0 spiro atoms. The quantitative estimate of drug-likeness (QED) is 0.877. The molecule has 3 nitrogen and oxygen atoms in total. The number of likely N-dealkylation sites (tertiary alicyclic amines) is 1. The van der Waals surface area contributed by atoms with Crippen LogP contribution in [0.2, 0.25) is 0 Å². The van der Waals surface area contributed by atoms with E-state index >= 15 is 0 Å². The average molecular weight is 326 g/mol. The van der Waals surface area contributed by atoms with Gasteiger partial charge in [0.25, 0.3) is 5.91 Å². The minimum absolute atomic E-state index is 0.124. The van der Waals surface area contributed by atoms with Crippen molar-refractivity contribution in [3.05, 3.63) is 28.2 Å². The van der Waals surface area contributed by atoms with Crippen LogP contribution in [0, 0.1) is 6.92 Å². The van der Waals surface area contributed by atoms with Crippen LogP contribution in [0.25, 0.3) is 0 Å². The number of aryl methyl sites for hydroxylation is 1. The van der Waals surface area contributed by atoms with Crippen molar-refractivity contribution in [1.29, 1.82) is 0 Å². The van der Waals surface area contributed by atoms with Crippen LogP contribution in [-0.4, -0.2) is 25.5 Å². The van der Waals surface area contributed by atoms with Crippen molar-refractivity contribution >= 4 is 27.5 Å². The molecule has 1 aliphatic rings. The first-order valence-electron chi connectivity index (χ1n) is 7.05. The van der Waals surface area contributed by atoms with Gasteiger partial charge < -0.3 is 10.2 Å². The first-order chi connectivity index (χ1) is 9.15. The summed E-state index contributed by atoms with van der Waals surface area (Å²) in [6.07, 6.45) is 5.13. The number of benzene rings is 1. The highest BCUT2D eigenvalue weighted by molar-refractivity contribution is 9.10. The van der Waals surface area contributed by atoms with Crippen molar-refractivity contribution in [3.63, 3.8) is 0 Å². The second-order valence-corrected chi connectivity index (χ2v) is 6.21. The molecule has 2 N–H and O–H groups in total. The Hall–Kier alpha value is -0.870. The Balaban J connectivity index is 1.87. The van der Waals surface area contributed by atoms with Gasteiger partial charge in [0.15, 0.2) is 6.54 Å². The fraction of sp³-hybridized carbons (Fsp3) is 0.533. The Morgan fingerprint density at radius 3 is 2.58 bits per heavy atom. The summed E-state index contributed by atoms with van der Waals surface area (Å²) in [7, 11) is 0. The standard InChI is InChI=1S/C15H21BrN2O/c1-12-10-13(6-7-14(12)16)17-15(19)11-18-8-4-2-3-5-9-18/h6-7,10H,2-5,8-9,11H2,1H3,(H,17,19)/p+1. The van der Waals surface area contributed by atoms with E-state index in [9.17, 15) is 4.79 Å². The van der Waals surface area contributed by atoms with Crippen molar-refractivity contribution < 1.29 is 9.69 Å². The summed E-state index contributed by atoms with van der Waals surface area (Å²) in [6.45, 7) is 4.88. The lowest BCUT2D eigenvalue weighted by atomic mass is 10.2. The van der Waals surface area contributed by atoms with Crippen molar-refractivity contribution in [2.75, 3.05) is 25.0 Å². The highest BCUT2D eigenvalue weighted by Crippen LogP contribution is 2.19. The van der Waals surface area contributed by atoms with Crippen LogP contribution in [-0.2, 0) is 4.79 Å². The molecule has 0 aliphatic carbocycles. The highest BCUT2D eigenvalue weighted by atomic mass is 79.9. The molecule has 1 aromatic rings. The zero-order valence-electron chi connectivity index (χ0n) is 11.5. The maximum Gasteiger partial charge on any atom is 0.279 e. The van der Waals surface area contributed by atoms with Gasteiger partial charge >= 0.3 is 0 Å². The highest BCUT2D eigenvalue weighted by Gasteiger charge is 2.16. The lowest BCUT2D eigenvalue weighted by molar-refractivity contribution is -0.890. The fourth-order valence-electron chi connectivity index (χ4n) is 2.56. The average Bonchev–Trinajstić information content (AvgIpc) is 2.62. The predicted molar refractivity (Wildman–Crippen MR) is 81.5 cm³/mol. The number of anilines is 1. The van der Waals surface area contributed by atoms with Crippen LogP contribution in [0.1, 0.15) is 31.2 Å². The molecule has 0 bridgehead atoms. The molecule has 104 valence electrons. The van der Waals surface area contributed by atoms with Gasteiger partial charge in [0, 0.05) is 10.2 Å². The molecule has 1 amide bonds. The Labute approximate surface area is 123 Å². The summed E-state index contributed by atoms with van der Waals surface area (Å²) in [6, 6.07) is 5.91. The van der Waals surface area contributed by atoms with E-state index in [0.717, 1.165) is 28.8 Å². The van der Waals surface area contributed by atoms with Crippen LogP contribution in [0.5, 0.6) is 0 Å². The number of rotatable bonds is 3. The maximum absolute atomic E-state index is 12.0. The van der Waals surface area contributed by atoms with E-state index in [0.29, 0.717) is 6.54 Å². The summed E-state index contributed by atoms with van der Waals surface area (Å²) in [5.41, 5.74) is 2.03. The van der Waals surface area contributed by atoms with Crippen LogP contribution in [0.15, 0.2) is 22.7 Å². The molecule has 1 heterocycles. The largest absolute Gasteiger partial charge is 0.327 e. The molecule has 0 unspecified atom stereocenters. The Bertz CT molecular complexity index is 440. The van der Waals surface area contributed by atoms with E-state index in [1.54, 1.807) is 0 Å². The van der Waals surface area contributed by atoms with Crippen LogP contribution < -0.4 is 10.2 Å². The monoisotopic (exact) mass is 325 g/mol. The number of quaternary nitrogens is 1. The van der Waals surface area contributed by atoms with Gasteiger partial charge in [-0.3, -0.25) is 4.79 Å². The van der Waals surface area contributed by atoms with Crippen molar-refractivity contribution in [1.82, 2.24) is 0 Å². The first kappa shape index (κ1) is 14.5. The zero-order chi connectivity index (χ0) is 13.7. The van der Waals surface area contributed by atoms with E-state index in [1.165, 1.54) is 30.6 Å². The van der Waals surface area contributed by atoms with E-state index < -0.39 is 0 Å². The minimum Gasteiger partial charge on any atom is -0.327 e. The Morgan fingerprint density at radius 1 is 1.26 bits per heavy atom. The lowest BCUT2D eigenvalue weighted by Gasteiger charge is -2.16. The molecule has 4 heteroatoms. The number of carbonyl (C=O) groups excluding carboxylic acids is 1. The molecule has 0 saturated carbocycles. The number of halogens is 1. The molecule has 0 atom stereocenters. The number of amides is 1. The number of hydrogen-bond donors (Lipinski definition) is 2. The van der Waals surface area contributed by atoms with Crippen molar-refractivity contribution in [3.8, 4) is 0 Å². The van der Waals surface area contributed by atoms with E-state index in [1.807, 2.05) is 25.1 Å². The van der Waals surface area contributed by atoms with Crippen LogP contribution in [0.4, 0.5) is 5.69 Å². The summed E-state index contributed by atoms with van der Waals surface area (Å²) in [5, 5.41) is 3.00. The summed E-state index contributed by atoms with van der Waals surface area (Å²) >= 11 is 3.47. The SMILES string of the molecule is Cc1cc(NC(=O)C[NH+]2CCCCCC2)ccc1Br. The third-order valence-corrected chi connectivity index (χ3v) is 4.55.